The van der Waals surface area contributed by atoms with Gasteiger partial charge in [-0.15, -0.1) is 0 Å². The average Bonchev–Trinajstić information content (AvgIpc) is 2.97. The quantitative estimate of drug-likeness (QED) is 0.839. The van der Waals surface area contributed by atoms with Gasteiger partial charge in [-0.3, -0.25) is 4.79 Å². The van der Waals surface area contributed by atoms with Crippen LogP contribution in [0.5, 0.6) is 0 Å². The first-order chi connectivity index (χ1) is 7.83. The molecule has 17 heavy (non-hydrogen) atoms. The molecule has 1 amide bonds. The van der Waals surface area contributed by atoms with Crippen LogP contribution in [0.2, 0.25) is 0 Å². The normalized spacial score (nSPS) is 17.6. The molecule has 1 saturated carbocycles. The van der Waals surface area contributed by atoms with Crippen LogP contribution in [-0.2, 0) is 10.2 Å². The first-order valence-electron chi connectivity index (χ1n) is 5.92. The van der Waals surface area contributed by atoms with Gasteiger partial charge in [0.2, 0.25) is 5.91 Å². The zero-order chi connectivity index (χ0) is 12.7. The number of amides is 1. The third kappa shape index (κ3) is 2.48. The SMILES string of the molecule is CC(C)(C)NC(=O)C1(c2ccc(F)cc2)CC1. The van der Waals surface area contributed by atoms with Crippen LogP contribution in [-0.4, -0.2) is 11.4 Å². The Bertz CT molecular complexity index is 427. The Labute approximate surface area is 101 Å². The van der Waals surface area contributed by atoms with Crippen molar-refractivity contribution < 1.29 is 9.18 Å². The number of carbonyl (C=O) groups excluding carboxylic acids is 1. The summed E-state index contributed by atoms with van der Waals surface area (Å²) in [5.74, 6) is -0.211. The largest absolute Gasteiger partial charge is 0.351 e. The van der Waals surface area contributed by atoms with Crippen molar-refractivity contribution in [1.82, 2.24) is 5.32 Å². The van der Waals surface area contributed by atoms with Crippen LogP contribution in [0.4, 0.5) is 4.39 Å². The Balaban J connectivity index is 2.20. The highest BCUT2D eigenvalue weighted by molar-refractivity contribution is 5.91. The second-order valence-electron chi connectivity index (χ2n) is 5.79. The molecule has 0 saturated heterocycles. The molecule has 1 aliphatic rings. The number of nitrogens with one attached hydrogen (secondary N) is 1. The van der Waals surface area contributed by atoms with Gasteiger partial charge in [0.1, 0.15) is 5.82 Å². The van der Waals surface area contributed by atoms with Crippen LogP contribution in [0.1, 0.15) is 39.2 Å². The van der Waals surface area contributed by atoms with Gasteiger partial charge < -0.3 is 5.32 Å². The molecule has 0 aliphatic heterocycles. The van der Waals surface area contributed by atoms with Crippen LogP contribution < -0.4 is 5.32 Å². The number of hydrogen-bond acceptors (Lipinski definition) is 1. The van der Waals surface area contributed by atoms with Gasteiger partial charge in [-0.2, -0.15) is 0 Å². The lowest BCUT2D eigenvalue weighted by molar-refractivity contribution is -0.125. The Morgan fingerprint density at radius 3 is 2.18 bits per heavy atom. The molecule has 1 aliphatic carbocycles. The zero-order valence-corrected chi connectivity index (χ0v) is 10.5. The average molecular weight is 235 g/mol. The molecule has 92 valence electrons. The summed E-state index contributed by atoms with van der Waals surface area (Å²) >= 11 is 0. The van der Waals surface area contributed by atoms with Crippen molar-refractivity contribution in [2.45, 2.75) is 44.6 Å². The molecule has 1 N–H and O–H groups in total. The third-order valence-corrected chi connectivity index (χ3v) is 3.07. The molecule has 0 aromatic heterocycles. The standard InChI is InChI=1S/C14H18FNO/c1-13(2,3)16-12(17)14(8-9-14)10-4-6-11(15)7-5-10/h4-7H,8-9H2,1-3H3,(H,16,17). The Morgan fingerprint density at radius 2 is 1.76 bits per heavy atom. The van der Waals surface area contributed by atoms with Crippen molar-refractivity contribution in [3.63, 3.8) is 0 Å². The molecule has 0 spiro atoms. The van der Waals surface area contributed by atoms with E-state index in [4.69, 9.17) is 0 Å². The van der Waals surface area contributed by atoms with E-state index in [2.05, 4.69) is 5.32 Å². The lowest BCUT2D eigenvalue weighted by atomic mass is 9.93. The van der Waals surface area contributed by atoms with E-state index in [-0.39, 0.29) is 17.3 Å². The number of rotatable bonds is 2. The Hall–Kier alpha value is -1.38. The predicted molar refractivity (Wildman–Crippen MR) is 65.2 cm³/mol. The van der Waals surface area contributed by atoms with E-state index < -0.39 is 5.41 Å². The van der Waals surface area contributed by atoms with Gasteiger partial charge in [-0.05, 0) is 51.3 Å². The van der Waals surface area contributed by atoms with E-state index in [0.29, 0.717) is 0 Å². The highest BCUT2D eigenvalue weighted by Gasteiger charge is 2.51. The lowest BCUT2D eigenvalue weighted by Gasteiger charge is -2.25. The molecule has 1 fully saturated rings. The minimum Gasteiger partial charge on any atom is -0.351 e. The van der Waals surface area contributed by atoms with Gasteiger partial charge in [0.25, 0.3) is 0 Å². The lowest BCUT2D eigenvalue weighted by Crippen LogP contribution is -2.46. The highest BCUT2D eigenvalue weighted by atomic mass is 19.1. The van der Waals surface area contributed by atoms with Gasteiger partial charge in [0.15, 0.2) is 0 Å². The molecule has 0 radical (unpaired) electrons. The maximum atomic E-state index is 12.9. The summed E-state index contributed by atoms with van der Waals surface area (Å²) in [6, 6.07) is 6.26. The summed E-state index contributed by atoms with van der Waals surface area (Å²) in [4.78, 5) is 12.2. The van der Waals surface area contributed by atoms with Crippen LogP contribution in [0, 0.1) is 5.82 Å². The summed E-state index contributed by atoms with van der Waals surface area (Å²) in [6.45, 7) is 5.89. The van der Waals surface area contributed by atoms with E-state index in [1.165, 1.54) is 12.1 Å². The number of benzene rings is 1. The number of halogens is 1. The van der Waals surface area contributed by atoms with Crippen molar-refractivity contribution in [3.05, 3.63) is 35.6 Å². The van der Waals surface area contributed by atoms with Gasteiger partial charge in [0, 0.05) is 5.54 Å². The van der Waals surface area contributed by atoms with Crippen LogP contribution >= 0.6 is 0 Å². The molecule has 3 heteroatoms. The second kappa shape index (κ2) is 3.83. The van der Waals surface area contributed by atoms with E-state index in [1.807, 2.05) is 20.8 Å². The minimum absolute atomic E-state index is 0.0524. The first kappa shape index (κ1) is 12.1. The van der Waals surface area contributed by atoms with Gasteiger partial charge in [-0.25, -0.2) is 4.39 Å². The fourth-order valence-electron chi connectivity index (χ4n) is 2.00. The summed E-state index contributed by atoms with van der Waals surface area (Å²) in [5, 5.41) is 3.00. The van der Waals surface area contributed by atoms with E-state index >= 15 is 0 Å². The second-order valence-corrected chi connectivity index (χ2v) is 5.79. The summed E-state index contributed by atoms with van der Waals surface area (Å²) in [7, 11) is 0. The van der Waals surface area contributed by atoms with Crippen molar-refractivity contribution in [2.75, 3.05) is 0 Å². The number of hydrogen-bond donors (Lipinski definition) is 1. The molecule has 0 bridgehead atoms. The highest BCUT2D eigenvalue weighted by Crippen LogP contribution is 2.48. The number of carbonyl (C=O) groups is 1. The van der Waals surface area contributed by atoms with Gasteiger partial charge in [-0.1, -0.05) is 12.1 Å². The van der Waals surface area contributed by atoms with Crippen LogP contribution in [0.15, 0.2) is 24.3 Å². The van der Waals surface area contributed by atoms with Crippen molar-refractivity contribution in [1.29, 1.82) is 0 Å². The molecular weight excluding hydrogens is 217 g/mol. The Kier molecular flexibility index (Phi) is 2.72. The first-order valence-corrected chi connectivity index (χ1v) is 5.92. The van der Waals surface area contributed by atoms with Crippen LogP contribution in [0.3, 0.4) is 0 Å². The Morgan fingerprint density at radius 1 is 1.24 bits per heavy atom. The molecule has 2 rings (SSSR count). The molecule has 1 aromatic rings. The topological polar surface area (TPSA) is 29.1 Å². The fraction of sp³-hybridized carbons (Fsp3) is 0.500. The molecule has 0 atom stereocenters. The van der Waals surface area contributed by atoms with E-state index in [0.717, 1.165) is 18.4 Å². The van der Waals surface area contributed by atoms with Gasteiger partial charge in [0.05, 0.1) is 5.41 Å². The molecular formula is C14H18FNO. The maximum Gasteiger partial charge on any atom is 0.231 e. The molecule has 0 heterocycles. The third-order valence-electron chi connectivity index (χ3n) is 3.07. The van der Waals surface area contributed by atoms with E-state index in [9.17, 15) is 9.18 Å². The van der Waals surface area contributed by atoms with Gasteiger partial charge >= 0.3 is 0 Å². The summed E-state index contributed by atoms with van der Waals surface area (Å²) in [5.41, 5.74) is 0.272. The van der Waals surface area contributed by atoms with Crippen molar-refractivity contribution in [3.8, 4) is 0 Å². The fourth-order valence-corrected chi connectivity index (χ4v) is 2.00. The summed E-state index contributed by atoms with van der Waals surface area (Å²) < 4.78 is 12.9. The zero-order valence-electron chi connectivity index (χ0n) is 10.5. The maximum absolute atomic E-state index is 12.9. The molecule has 2 nitrogen and oxygen atoms in total. The minimum atomic E-state index is -0.416. The van der Waals surface area contributed by atoms with Crippen LogP contribution in [0.25, 0.3) is 0 Å². The monoisotopic (exact) mass is 235 g/mol. The molecule has 0 unspecified atom stereocenters. The van der Waals surface area contributed by atoms with E-state index in [1.54, 1.807) is 12.1 Å². The summed E-state index contributed by atoms with van der Waals surface area (Å²) in [6.07, 6.45) is 1.70. The molecule has 1 aromatic carbocycles. The smallest absolute Gasteiger partial charge is 0.231 e. The van der Waals surface area contributed by atoms with Crippen molar-refractivity contribution in [2.24, 2.45) is 0 Å². The van der Waals surface area contributed by atoms with Crippen molar-refractivity contribution >= 4 is 5.91 Å². The predicted octanol–water partition coefficient (Wildman–Crippen LogP) is 2.77.